The molecule has 5 nitrogen and oxygen atoms in total. The van der Waals surface area contributed by atoms with Crippen LogP contribution in [0.25, 0.3) is 0 Å². The number of nitrogens with one attached hydrogen (secondary N) is 2. The summed E-state index contributed by atoms with van der Waals surface area (Å²) in [5, 5.41) is 14.4. The average Bonchev–Trinajstić information content (AvgIpc) is 2.33. The molecule has 5 heteroatoms. The van der Waals surface area contributed by atoms with Crippen molar-refractivity contribution in [1.82, 2.24) is 5.32 Å². The lowest BCUT2D eigenvalue weighted by atomic mass is 9.97. The molecule has 1 unspecified atom stereocenters. The number of hydrogen-bond donors (Lipinski definition) is 3. The van der Waals surface area contributed by atoms with E-state index in [1.165, 1.54) is 0 Å². The monoisotopic (exact) mass is 278 g/mol. The normalized spacial score (nSPS) is 12.0. The first kappa shape index (κ1) is 16.0. The summed E-state index contributed by atoms with van der Waals surface area (Å²) < 4.78 is 0. The van der Waals surface area contributed by atoms with Crippen molar-refractivity contribution in [3.63, 3.8) is 0 Å². The van der Waals surface area contributed by atoms with Crippen LogP contribution in [0.5, 0.6) is 0 Å². The zero-order chi connectivity index (χ0) is 15.1. The lowest BCUT2D eigenvalue weighted by molar-refractivity contribution is -0.142. The molecule has 0 aliphatic heterocycles. The third kappa shape index (κ3) is 5.73. The van der Waals surface area contributed by atoms with Gasteiger partial charge in [0, 0.05) is 12.2 Å². The van der Waals surface area contributed by atoms with Crippen LogP contribution in [0.2, 0.25) is 0 Å². The topological polar surface area (TPSA) is 78.4 Å². The van der Waals surface area contributed by atoms with Gasteiger partial charge >= 0.3 is 12.0 Å². The first-order valence-electron chi connectivity index (χ1n) is 6.72. The van der Waals surface area contributed by atoms with Crippen molar-refractivity contribution in [3.8, 4) is 0 Å². The van der Waals surface area contributed by atoms with Gasteiger partial charge in [0.15, 0.2) is 0 Å². The second-order valence-corrected chi connectivity index (χ2v) is 5.37. The first-order chi connectivity index (χ1) is 9.38. The largest absolute Gasteiger partial charge is 0.481 e. The van der Waals surface area contributed by atoms with Gasteiger partial charge in [-0.1, -0.05) is 26.0 Å². The summed E-state index contributed by atoms with van der Waals surface area (Å²) in [7, 11) is 0. The number of anilines is 1. The highest BCUT2D eigenvalue weighted by Gasteiger charge is 2.19. The lowest BCUT2D eigenvalue weighted by Gasteiger charge is -2.15. The molecule has 1 aromatic rings. The van der Waals surface area contributed by atoms with Crippen molar-refractivity contribution < 1.29 is 14.7 Å². The Bertz CT molecular complexity index is 472. The highest BCUT2D eigenvalue weighted by molar-refractivity contribution is 5.89. The van der Waals surface area contributed by atoms with E-state index in [4.69, 9.17) is 5.11 Å². The Morgan fingerprint density at radius 3 is 2.55 bits per heavy atom. The molecule has 1 atom stereocenters. The van der Waals surface area contributed by atoms with Crippen LogP contribution in [0.3, 0.4) is 0 Å². The summed E-state index contributed by atoms with van der Waals surface area (Å²) in [6.45, 7) is 5.99. The Hall–Kier alpha value is -2.04. The molecule has 0 saturated carbocycles. The third-order valence-corrected chi connectivity index (χ3v) is 2.89. The van der Waals surface area contributed by atoms with Crippen molar-refractivity contribution in [2.24, 2.45) is 11.8 Å². The van der Waals surface area contributed by atoms with Gasteiger partial charge in [0.2, 0.25) is 0 Å². The van der Waals surface area contributed by atoms with Crippen molar-refractivity contribution in [1.29, 1.82) is 0 Å². The van der Waals surface area contributed by atoms with E-state index >= 15 is 0 Å². The third-order valence-electron chi connectivity index (χ3n) is 2.89. The highest BCUT2D eigenvalue weighted by atomic mass is 16.4. The molecule has 0 aromatic heterocycles. The van der Waals surface area contributed by atoms with E-state index in [9.17, 15) is 9.59 Å². The molecule has 1 rings (SSSR count). The molecule has 0 aliphatic rings. The number of aryl methyl sites for hydroxylation is 1. The van der Waals surface area contributed by atoms with Gasteiger partial charge in [0.05, 0.1) is 5.92 Å². The fraction of sp³-hybridized carbons (Fsp3) is 0.467. The lowest BCUT2D eigenvalue weighted by Crippen LogP contribution is -2.36. The smallest absolute Gasteiger partial charge is 0.319 e. The maximum atomic E-state index is 11.7. The van der Waals surface area contributed by atoms with Crippen LogP contribution in [0.1, 0.15) is 25.8 Å². The minimum atomic E-state index is -0.880. The number of urea groups is 1. The molecule has 0 radical (unpaired) electrons. The van der Waals surface area contributed by atoms with Gasteiger partial charge in [-0.3, -0.25) is 4.79 Å². The van der Waals surface area contributed by atoms with Crippen LogP contribution in [0.4, 0.5) is 10.5 Å². The van der Waals surface area contributed by atoms with Crippen molar-refractivity contribution in [3.05, 3.63) is 29.8 Å². The Morgan fingerprint density at radius 1 is 1.30 bits per heavy atom. The number of aliphatic carboxylic acids is 1. The Labute approximate surface area is 119 Å². The van der Waals surface area contributed by atoms with Gasteiger partial charge in [0.1, 0.15) is 0 Å². The summed E-state index contributed by atoms with van der Waals surface area (Å²) in [5.41, 5.74) is 1.74. The van der Waals surface area contributed by atoms with Crippen LogP contribution >= 0.6 is 0 Å². The number of rotatable bonds is 6. The SMILES string of the molecule is Cc1cccc(NC(=O)NCC(CC(C)C)C(=O)O)c1. The summed E-state index contributed by atoms with van der Waals surface area (Å²) in [6.07, 6.45) is 0.542. The van der Waals surface area contributed by atoms with Gasteiger partial charge in [-0.2, -0.15) is 0 Å². The van der Waals surface area contributed by atoms with E-state index in [0.29, 0.717) is 12.1 Å². The Kier molecular flexibility index (Phi) is 6.03. The number of benzene rings is 1. The number of hydrogen-bond acceptors (Lipinski definition) is 2. The highest BCUT2D eigenvalue weighted by Crippen LogP contribution is 2.12. The molecule has 0 heterocycles. The van der Waals surface area contributed by atoms with Crippen LogP contribution in [-0.2, 0) is 4.79 Å². The van der Waals surface area contributed by atoms with Gasteiger partial charge in [-0.25, -0.2) is 4.79 Å². The molecule has 0 fully saturated rings. The molecule has 0 bridgehead atoms. The number of amides is 2. The zero-order valence-electron chi connectivity index (χ0n) is 12.1. The predicted octanol–water partition coefficient (Wildman–Crippen LogP) is 2.86. The molecule has 20 heavy (non-hydrogen) atoms. The number of carboxylic acids is 1. The standard InChI is InChI=1S/C15H22N2O3/c1-10(2)7-12(14(18)19)9-16-15(20)17-13-6-4-5-11(3)8-13/h4-6,8,10,12H,7,9H2,1-3H3,(H,18,19)(H2,16,17,20). The number of carboxylic acid groups (broad SMARTS) is 1. The molecule has 0 saturated heterocycles. The fourth-order valence-electron chi connectivity index (χ4n) is 1.95. The predicted molar refractivity (Wildman–Crippen MR) is 78.8 cm³/mol. The van der Waals surface area contributed by atoms with Crippen LogP contribution < -0.4 is 10.6 Å². The number of carbonyl (C=O) groups is 2. The van der Waals surface area contributed by atoms with E-state index in [2.05, 4.69) is 10.6 Å². The maximum Gasteiger partial charge on any atom is 0.319 e. The van der Waals surface area contributed by atoms with E-state index < -0.39 is 11.9 Å². The average molecular weight is 278 g/mol. The minimum absolute atomic E-state index is 0.130. The van der Waals surface area contributed by atoms with Gasteiger partial charge in [0.25, 0.3) is 0 Å². The van der Waals surface area contributed by atoms with E-state index in [1.807, 2.05) is 39.0 Å². The van der Waals surface area contributed by atoms with E-state index in [-0.39, 0.29) is 18.5 Å². The quantitative estimate of drug-likeness (QED) is 0.748. The maximum absolute atomic E-state index is 11.7. The summed E-state index contributed by atoms with van der Waals surface area (Å²) in [6, 6.07) is 7.04. The van der Waals surface area contributed by atoms with Crippen molar-refractivity contribution in [2.75, 3.05) is 11.9 Å². The molecular weight excluding hydrogens is 256 g/mol. The van der Waals surface area contributed by atoms with E-state index in [1.54, 1.807) is 6.07 Å². The fourth-order valence-corrected chi connectivity index (χ4v) is 1.95. The van der Waals surface area contributed by atoms with Crippen LogP contribution in [0.15, 0.2) is 24.3 Å². The second kappa shape index (κ2) is 7.53. The summed E-state index contributed by atoms with van der Waals surface area (Å²) >= 11 is 0. The Morgan fingerprint density at radius 2 is 2.00 bits per heavy atom. The molecule has 0 aliphatic carbocycles. The van der Waals surface area contributed by atoms with Gasteiger partial charge in [-0.15, -0.1) is 0 Å². The molecule has 110 valence electrons. The minimum Gasteiger partial charge on any atom is -0.481 e. The van der Waals surface area contributed by atoms with E-state index in [0.717, 1.165) is 5.56 Å². The van der Waals surface area contributed by atoms with Crippen LogP contribution in [-0.4, -0.2) is 23.7 Å². The van der Waals surface area contributed by atoms with Gasteiger partial charge in [-0.05, 0) is 37.0 Å². The zero-order valence-corrected chi connectivity index (χ0v) is 12.1. The second-order valence-electron chi connectivity index (χ2n) is 5.37. The molecule has 1 aromatic carbocycles. The first-order valence-corrected chi connectivity index (χ1v) is 6.72. The van der Waals surface area contributed by atoms with Crippen molar-refractivity contribution in [2.45, 2.75) is 27.2 Å². The molecule has 0 spiro atoms. The molecule has 3 N–H and O–H groups in total. The Balaban J connectivity index is 2.47. The summed E-state index contributed by atoms with van der Waals surface area (Å²) in [4.78, 5) is 22.8. The number of carbonyl (C=O) groups excluding carboxylic acids is 1. The van der Waals surface area contributed by atoms with Crippen molar-refractivity contribution >= 4 is 17.7 Å². The van der Waals surface area contributed by atoms with Crippen LogP contribution in [0, 0.1) is 18.8 Å². The van der Waals surface area contributed by atoms with Gasteiger partial charge < -0.3 is 15.7 Å². The molecule has 2 amide bonds. The molecular formula is C15H22N2O3. The summed E-state index contributed by atoms with van der Waals surface area (Å²) in [5.74, 6) is -1.16.